The molecule has 106 valence electrons. The number of aromatic hydroxyl groups is 1. The lowest BCUT2D eigenvalue weighted by Gasteiger charge is -2.26. The second kappa shape index (κ2) is 6.42. The van der Waals surface area contributed by atoms with E-state index in [4.69, 9.17) is 0 Å². The molecule has 1 saturated carbocycles. The highest BCUT2D eigenvalue weighted by atomic mass is 16.3. The Bertz CT molecular complexity index is 528. The van der Waals surface area contributed by atoms with Gasteiger partial charge in [0.15, 0.2) is 0 Å². The highest BCUT2D eigenvalue weighted by Gasteiger charge is 2.26. The summed E-state index contributed by atoms with van der Waals surface area (Å²) in [6.07, 6.45) is 5.42. The predicted octanol–water partition coefficient (Wildman–Crippen LogP) is 2.90. The van der Waals surface area contributed by atoms with Crippen LogP contribution in [-0.4, -0.2) is 17.1 Å². The molecule has 2 N–H and O–H groups in total. The summed E-state index contributed by atoms with van der Waals surface area (Å²) in [5.74, 6) is -0.193. The fourth-order valence-corrected chi connectivity index (χ4v) is 2.77. The number of rotatable bonds is 3. The molecule has 0 aliphatic heterocycles. The topological polar surface area (TPSA) is 73.1 Å². The maximum atomic E-state index is 12.2. The van der Waals surface area contributed by atoms with E-state index in [9.17, 15) is 15.2 Å². The number of aryl methyl sites for hydroxylation is 1. The molecule has 2 rings (SSSR count). The molecule has 0 aromatic heterocycles. The number of nitrogens with one attached hydrogen (secondary N) is 1. The highest BCUT2D eigenvalue weighted by Crippen LogP contribution is 2.27. The summed E-state index contributed by atoms with van der Waals surface area (Å²) in [6.45, 7) is 1.86. The van der Waals surface area contributed by atoms with Crippen molar-refractivity contribution in [1.82, 2.24) is 5.32 Å². The van der Waals surface area contributed by atoms with Gasteiger partial charge in [0.2, 0.25) is 0 Å². The minimum absolute atomic E-state index is 0.0477. The number of phenolic OH excluding ortho intramolecular Hbond substituents is 1. The number of carbonyl (C=O) groups is 1. The van der Waals surface area contributed by atoms with Crippen molar-refractivity contribution in [2.45, 2.75) is 45.1 Å². The van der Waals surface area contributed by atoms with Gasteiger partial charge < -0.3 is 10.4 Å². The summed E-state index contributed by atoms with van der Waals surface area (Å²) in [5, 5.41) is 21.8. The van der Waals surface area contributed by atoms with Gasteiger partial charge in [-0.05, 0) is 37.8 Å². The maximum Gasteiger partial charge on any atom is 0.256 e. The Kier molecular flexibility index (Phi) is 4.62. The average molecular weight is 272 g/mol. The van der Waals surface area contributed by atoms with E-state index in [-0.39, 0.29) is 23.1 Å². The zero-order valence-corrected chi connectivity index (χ0v) is 11.7. The SMILES string of the molecule is Cc1ccc(O)c(C(=O)NC(C#N)C2CCCCC2)c1. The molecule has 0 heterocycles. The molecule has 1 amide bonds. The Hall–Kier alpha value is -2.02. The van der Waals surface area contributed by atoms with Crippen LogP contribution in [0.15, 0.2) is 18.2 Å². The first-order valence-electron chi connectivity index (χ1n) is 7.12. The van der Waals surface area contributed by atoms with Crippen molar-refractivity contribution in [3.05, 3.63) is 29.3 Å². The van der Waals surface area contributed by atoms with Gasteiger partial charge in [0, 0.05) is 0 Å². The third-order valence-electron chi connectivity index (χ3n) is 3.94. The second-order valence-corrected chi connectivity index (χ2v) is 5.50. The molecule has 1 unspecified atom stereocenters. The number of phenols is 1. The van der Waals surface area contributed by atoms with Gasteiger partial charge in [0.05, 0.1) is 11.6 Å². The fraction of sp³-hybridized carbons (Fsp3) is 0.500. The molecule has 20 heavy (non-hydrogen) atoms. The maximum absolute atomic E-state index is 12.2. The van der Waals surface area contributed by atoms with Gasteiger partial charge in [-0.3, -0.25) is 4.79 Å². The minimum Gasteiger partial charge on any atom is -0.507 e. The van der Waals surface area contributed by atoms with Crippen LogP contribution in [0.3, 0.4) is 0 Å². The van der Waals surface area contributed by atoms with Crippen molar-refractivity contribution in [3.63, 3.8) is 0 Å². The lowest BCUT2D eigenvalue weighted by atomic mass is 9.84. The summed E-state index contributed by atoms with van der Waals surface area (Å²) >= 11 is 0. The third-order valence-corrected chi connectivity index (χ3v) is 3.94. The average Bonchev–Trinajstić information content (AvgIpc) is 2.48. The van der Waals surface area contributed by atoms with Gasteiger partial charge >= 0.3 is 0 Å². The zero-order chi connectivity index (χ0) is 14.5. The third kappa shape index (κ3) is 3.30. The van der Waals surface area contributed by atoms with Crippen molar-refractivity contribution in [2.24, 2.45) is 5.92 Å². The molecule has 1 atom stereocenters. The largest absolute Gasteiger partial charge is 0.507 e. The van der Waals surface area contributed by atoms with E-state index >= 15 is 0 Å². The molecule has 4 heteroatoms. The number of nitrogens with zero attached hydrogens (tertiary/aromatic N) is 1. The van der Waals surface area contributed by atoms with Gasteiger partial charge in [-0.25, -0.2) is 0 Å². The quantitative estimate of drug-likeness (QED) is 0.888. The van der Waals surface area contributed by atoms with Crippen LogP contribution in [0.25, 0.3) is 0 Å². The first-order valence-corrected chi connectivity index (χ1v) is 7.12. The monoisotopic (exact) mass is 272 g/mol. The predicted molar refractivity (Wildman–Crippen MR) is 76.3 cm³/mol. The van der Waals surface area contributed by atoms with Crippen LogP contribution in [0.2, 0.25) is 0 Å². The molecule has 1 aliphatic carbocycles. The first-order chi connectivity index (χ1) is 9.61. The summed E-state index contributed by atoms with van der Waals surface area (Å²) in [5.41, 5.74) is 1.14. The molecule has 1 aromatic carbocycles. The van der Waals surface area contributed by atoms with E-state index in [2.05, 4.69) is 11.4 Å². The van der Waals surface area contributed by atoms with Gasteiger partial charge in [-0.1, -0.05) is 30.9 Å². The summed E-state index contributed by atoms with van der Waals surface area (Å²) in [4.78, 5) is 12.2. The molecule has 0 saturated heterocycles. The van der Waals surface area contributed by atoms with Crippen LogP contribution in [0, 0.1) is 24.2 Å². The van der Waals surface area contributed by atoms with Gasteiger partial charge in [-0.15, -0.1) is 0 Å². The van der Waals surface area contributed by atoms with Crippen molar-refractivity contribution in [2.75, 3.05) is 0 Å². The van der Waals surface area contributed by atoms with E-state index < -0.39 is 6.04 Å². The molecular weight excluding hydrogens is 252 g/mol. The van der Waals surface area contributed by atoms with Crippen LogP contribution in [-0.2, 0) is 0 Å². The number of hydrogen-bond donors (Lipinski definition) is 2. The van der Waals surface area contributed by atoms with Crippen LogP contribution in [0.4, 0.5) is 0 Å². The number of benzene rings is 1. The standard InChI is InChI=1S/C16H20N2O2/c1-11-7-8-15(19)13(9-11)16(20)18-14(10-17)12-5-3-2-4-6-12/h7-9,12,14,19H,2-6H2,1H3,(H,18,20). The lowest BCUT2D eigenvalue weighted by Crippen LogP contribution is -2.40. The highest BCUT2D eigenvalue weighted by molar-refractivity contribution is 5.97. The number of amides is 1. The number of nitriles is 1. The Balaban J connectivity index is 2.09. The molecule has 0 spiro atoms. The van der Waals surface area contributed by atoms with E-state index in [1.165, 1.54) is 12.5 Å². The lowest BCUT2D eigenvalue weighted by molar-refractivity contribution is 0.0926. The smallest absolute Gasteiger partial charge is 0.256 e. The van der Waals surface area contributed by atoms with Crippen molar-refractivity contribution < 1.29 is 9.90 Å². The molecule has 0 bridgehead atoms. The van der Waals surface area contributed by atoms with Gasteiger partial charge in [0.1, 0.15) is 11.8 Å². The fourth-order valence-electron chi connectivity index (χ4n) is 2.77. The summed E-state index contributed by atoms with van der Waals surface area (Å²) in [7, 11) is 0. The molecule has 1 fully saturated rings. The first kappa shape index (κ1) is 14.4. The Morgan fingerprint density at radius 3 is 2.75 bits per heavy atom. The summed E-state index contributed by atoms with van der Waals surface area (Å²) < 4.78 is 0. The van der Waals surface area contributed by atoms with Crippen LogP contribution in [0.5, 0.6) is 5.75 Å². The van der Waals surface area contributed by atoms with Crippen LogP contribution in [0.1, 0.15) is 48.0 Å². The Morgan fingerprint density at radius 2 is 2.10 bits per heavy atom. The zero-order valence-electron chi connectivity index (χ0n) is 11.7. The molecular formula is C16H20N2O2. The van der Waals surface area contributed by atoms with E-state index in [1.54, 1.807) is 12.1 Å². The Labute approximate surface area is 119 Å². The number of hydrogen-bond acceptors (Lipinski definition) is 3. The molecule has 0 radical (unpaired) electrons. The normalized spacial score (nSPS) is 17.2. The van der Waals surface area contributed by atoms with Gasteiger partial charge in [-0.2, -0.15) is 5.26 Å². The van der Waals surface area contributed by atoms with E-state index in [0.29, 0.717) is 0 Å². The van der Waals surface area contributed by atoms with Crippen molar-refractivity contribution >= 4 is 5.91 Å². The Morgan fingerprint density at radius 1 is 1.40 bits per heavy atom. The molecule has 1 aromatic rings. The number of carbonyl (C=O) groups excluding carboxylic acids is 1. The van der Waals surface area contributed by atoms with E-state index in [0.717, 1.165) is 31.2 Å². The molecule has 4 nitrogen and oxygen atoms in total. The van der Waals surface area contributed by atoms with Crippen LogP contribution >= 0.6 is 0 Å². The summed E-state index contributed by atoms with van der Waals surface area (Å²) in [6, 6.07) is 6.61. The minimum atomic E-state index is -0.470. The van der Waals surface area contributed by atoms with E-state index in [1.807, 2.05) is 6.92 Å². The molecule has 1 aliphatic rings. The van der Waals surface area contributed by atoms with Crippen molar-refractivity contribution in [1.29, 1.82) is 5.26 Å². The van der Waals surface area contributed by atoms with Crippen molar-refractivity contribution in [3.8, 4) is 11.8 Å². The van der Waals surface area contributed by atoms with Crippen LogP contribution < -0.4 is 5.32 Å². The van der Waals surface area contributed by atoms with Gasteiger partial charge in [0.25, 0.3) is 5.91 Å². The second-order valence-electron chi connectivity index (χ2n) is 5.50.